The fourth-order valence-electron chi connectivity index (χ4n) is 7.28. The summed E-state index contributed by atoms with van der Waals surface area (Å²) in [4.78, 5) is 41.2. The van der Waals surface area contributed by atoms with E-state index in [4.69, 9.17) is 9.47 Å². The van der Waals surface area contributed by atoms with Gasteiger partial charge in [-0.15, -0.1) is 0 Å². The molecule has 0 heterocycles. The molecule has 0 spiro atoms. The summed E-state index contributed by atoms with van der Waals surface area (Å²) in [7, 11) is 0. The van der Waals surface area contributed by atoms with Crippen molar-refractivity contribution in [3.8, 4) is 17.2 Å². The van der Waals surface area contributed by atoms with Crippen molar-refractivity contribution in [1.29, 1.82) is 5.26 Å². The molecule has 1 aliphatic carbocycles. The Balaban J connectivity index is 1.34. The van der Waals surface area contributed by atoms with E-state index in [0.717, 1.165) is 38.2 Å². The van der Waals surface area contributed by atoms with Gasteiger partial charge in [0.15, 0.2) is 5.78 Å². The van der Waals surface area contributed by atoms with Crippen molar-refractivity contribution in [2.75, 3.05) is 13.2 Å². The lowest BCUT2D eigenvalue weighted by molar-refractivity contribution is -0.114. The molecular formula is C46H46N3O5P. The van der Waals surface area contributed by atoms with E-state index in [1.807, 2.05) is 127 Å². The van der Waals surface area contributed by atoms with E-state index in [2.05, 4.69) is 28.8 Å². The molecule has 6 rings (SSSR count). The molecule has 1 atom stereocenters. The Hall–Kier alpha value is -5.90. The van der Waals surface area contributed by atoms with Crippen LogP contribution in [0.15, 0.2) is 140 Å². The summed E-state index contributed by atoms with van der Waals surface area (Å²) in [6, 6.07) is 46.5. The molecule has 0 saturated heterocycles. The minimum Gasteiger partial charge on any atom is -0.449 e. The molecule has 0 fully saturated rings. The minimum absolute atomic E-state index is 0.0738. The zero-order valence-electron chi connectivity index (χ0n) is 31.4. The predicted molar refractivity (Wildman–Crippen MR) is 221 cm³/mol. The quantitative estimate of drug-likeness (QED) is 0.0936. The number of Topliss-reactive ketones (excluding diaryl/α,β-unsaturated/α-hetero) is 1. The van der Waals surface area contributed by atoms with Crippen molar-refractivity contribution in [2.45, 2.75) is 57.6 Å². The number of amides is 2. The van der Waals surface area contributed by atoms with E-state index in [1.165, 1.54) is 0 Å². The predicted octanol–water partition coefficient (Wildman–Crippen LogP) is 7.85. The monoisotopic (exact) mass is 751 g/mol. The van der Waals surface area contributed by atoms with E-state index in [1.54, 1.807) is 20.8 Å². The van der Waals surface area contributed by atoms with Crippen LogP contribution in [0.2, 0.25) is 0 Å². The highest BCUT2D eigenvalue weighted by atomic mass is 31.2. The molecule has 8 nitrogen and oxygen atoms in total. The standard InChI is InChI=1S/C46H46N3O5P/c1-46(2,3)54-44(51)48-30-18-17-29-41(49-45(52)53-32-40-38-27-15-13-25-36(38)37-26-14-16-28-39(37)40)43(50)42(31-47)55(33-19-7-4-8-20-33,34-21-9-5-10-22-34)35-23-11-6-12-24-35/h4-16,19-28,40-41H,17-18,29-30,32H2,1-3H3,(H,48,51)(H,49,52). The lowest BCUT2D eigenvalue weighted by atomic mass is 9.98. The van der Waals surface area contributed by atoms with Crippen LogP contribution in [0.1, 0.15) is 57.1 Å². The van der Waals surface area contributed by atoms with Crippen LogP contribution in [-0.4, -0.2) is 48.1 Å². The molecule has 55 heavy (non-hydrogen) atoms. The number of hydrogen-bond donors (Lipinski definition) is 2. The molecule has 280 valence electrons. The number of nitrogens with one attached hydrogen (secondary N) is 2. The van der Waals surface area contributed by atoms with Crippen molar-refractivity contribution < 1.29 is 23.9 Å². The van der Waals surface area contributed by atoms with Crippen LogP contribution in [0.3, 0.4) is 0 Å². The molecule has 5 aromatic carbocycles. The third-order valence-electron chi connectivity index (χ3n) is 9.65. The lowest BCUT2D eigenvalue weighted by Gasteiger charge is -2.31. The van der Waals surface area contributed by atoms with Crippen LogP contribution in [-0.2, 0) is 14.3 Å². The summed E-state index contributed by atoms with van der Waals surface area (Å²) in [6.07, 6.45) is -0.0919. The van der Waals surface area contributed by atoms with Gasteiger partial charge in [0, 0.05) is 12.5 Å². The summed E-state index contributed by atoms with van der Waals surface area (Å²) in [5, 5.41) is 19.4. The molecule has 0 aliphatic heterocycles. The van der Waals surface area contributed by atoms with Gasteiger partial charge in [-0.3, -0.25) is 4.79 Å². The van der Waals surface area contributed by atoms with Crippen molar-refractivity contribution in [2.24, 2.45) is 0 Å². The lowest BCUT2D eigenvalue weighted by Crippen LogP contribution is -2.46. The largest absolute Gasteiger partial charge is 0.449 e. The Kier molecular flexibility index (Phi) is 12.3. The highest BCUT2D eigenvalue weighted by molar-refractivity contribution is 7.97. The number of nitrogens with zero attached hydrogens (tertiary/aromatic N) is 1. The second-order valence-corrected chi connectivity index (χ2v) is 17.8. The number of unbranched alkanes of at least 4 members (excludes halogenated alkanes) is 1. The van der Waals surface area contributed by atoms with Gasteiger partial charge in [-0.2, -0.15) is 5.26 Å². The number of ketones is 1. The van der Waals surface area contributed by atoms with Gasteiger partial charge in [0.1, 0.15) is 23.6 Å². The van der Waals surface area contributed by atoms with Gasteiger partial charge in [-0.05, 0) is 85.1 Å². The maximum atomic E-state index is 15.1. The zero-order valence-corrected chi connectivity index (χ0v) is 32.3. The third kappa shape index (κ3) is 8.75. The van der Waals surface area contributed by atoms with Crippen LogP contribution in [0.5, 0.6) is 0 Å². The number of carbonyl (C=O) groups is 3. The summed E-state index contributed by atoms with van der Waals surface area (Å²) < 4.78 is 11.3. The Morgan fingerprint density at radius 1 is 0.691 bits per heavy atom. The molecule has 5 aromatic rings. The molecule has 2 amide bonds. The summed E-state index contributed by atoms with van der Waals surface area (Å²) in [5.41, 5.74) is 3.73. The SMILES string of the molecule is CC(C)(C)OC(=O)NCCCCC(NC(=O)OCC1c2ccccc2-c2ccccc21)C(=O)C(C#N)=P(c1ccccc1)(c1ccccc1)c1ccccc1. The Bertz CT molecular complexity index is 2080. The van der Waals surface area contributed by atoms with Gasteiger partial charge in [-0.25, -0.2) is 9.59 Å². The number of carbonyl (C=O) groups excluding carboxylic acids is 3. The van der Waals surface area contributed by atoms with Crippen LogP contribution in [0, 0.1) is 11.3 Å². The average molecular weight is 752 g/mol. The van der Waals surface area contributed by atoms with Gasteiger partial charge >= 0.3 is 12.2 Å². The smallest absolute Gasteiger partial charge is 0.407 e. The van der Waals surface area contributed by atoms with Gasteiger partial charge in [0.25, 0.3) is 0 Å². The number of alkyl carbamates (subject to hydrolysis) is 2. The zero-order chi connectivity index (χ0) is 38.8. The second kappa shape index (κ2) is 17.5. The summed E-state index contributed by atoms with van der Waals surface area (Å²) in [6.45, 7) is 2.71. The second-order valence-electron chi connectivity index (χ2n) is 14.4. The van der Waals surface area contributed by atoms with E-state index >= 15 is 4.79 Å². The number of rotatable bonds is 13. The number of ether oxygens (including phenoxy) is 2. The molecule has 0 radical (unpaired) electrons. The normalized spacial score (nSPS) is 12.7. The molecule has 9 heteroatoms. The first-order valence-electron chi connectivity index (χ1n) is 18.6. The summed E-state index contributed by atoms with van der Waals surface area (Å²) >= 11 is 0. The Morgan fingerprint density at radius 2 is 1.16 bits per heavy atom. The maximum Gasteiger partial charge on any atom is 0.407 e. The molecule has 0 bridgehead atoms. The van der Waals surface area contributed by atoms with Crippen LogP contribution >= 0.6 is 6.89 Å². The first-order chi connectivity index (χ1) is 26.6. The van der Waals surface area contributed by atoms with Gasteiger partial charge in [0.05, 0.1) is 6.04 Å². The number of nitriles is 1. The minimum atomic E-state index is -3.06. The van der Waals surface area contributed by atoms with Crippen LogP contribution < -0.4 is 26.5 Å². The summed E-state index contributed by atoms with van der Waals surface area (Å²) in [5.74, 6) is -0.638. The van der Waals surface area contributed by atoms with E-state index in [-0.39, 0.29) is 24.2 Å². The Labute approximate surface area is 323 Å². The fourth-order valence-corrected chi connectivity index (χ4v) is 11.4. The first-order valence-corrected chi connectivity index (χ1v) is 20.4. The first kappa shape index (κ1) is 38.8. The number of benzene rings is 5. The molecular weight excluding hydrogens is 705 g/mol. The van der Waals surface area contributed by atoms with Crippen LogP contribution in [0.4, 0.5) is 9.59 Å². The Morgan fingerprint density at radius 3 is 1.64 bits per heavy atom. The van der Waals surface area contributed by atoms with Crippen molar-refractivity contribution in [1.82, 2.24) is 10.6 Å². The molecule has 1 unspecified atom stereocenters. The van der Waals surface area contributed by atoms with Gasteiger partial charge < -0.3 is 20.1 Å². The topological polar surface area (TPSA) is 118 Å². The number of hydrogen-bond acceptors (Lipinski definition) is 6. The van der Waals surface area contributed by atoms with Gasteiger partial charge in [-0.1, -0.05) is 140 Å². The molecule has 0 aromatic heterocycles. The highest BCUT2D eigenvalue weighted by Crippen LogP contribution is 2.47. The average Bonchev–Trinajstić information content (AvgIpc) is 3.52. The third-order valence-corrected chi connectivity index (χ3v) is 13.9. The van der Waals surface area contributed by atoms with Crippen molar-refractivity contribution in [3.63, 3.8) is 0 Å². The number of fused-ring (bicyclic) bond motifs is 3. The maximum absolute atomic E-state index is 15.1. The van der Waals surface area contributed by atoms with E-state index in [0.29, 0.717) is 19.4 Å². The molecule has 0 saturated carbocycles. The van der Waals surface area contributed by atoms with Crippen LogP contribution in [0.25, 0.3) is 11.1 Å². The fraction of sp³-hybridized carbons (Fsp3) is 0.239. The van der Waals surface area contributed by atoms with Gasteiger partial charge in [0.2, 0.25) is 0 Å². The van der Waals surface area contributed by atoms with E-state index < -0.39 is 36.5 Å². The van der Waals surface area contributed by atoms with Crippen molar-refractivity contribution >= 4 is 46.1 Å². The van der Waals surface area contributed by atoms with Crippen molar-refractivity contribution in [3.05, 3.63) is 151 Å². The molecule has 2 N–H and O–H groups in total. The molecule has 1 aliphatic rings. The highest BCUT2D eigenvalue weighted by Gasteiger charge is 2.37. The van der Waals surface area contributed by atoms with E-state index in [9.17, 15) is 14.9 Å².